The second-order valence-electron chi connectivity index (χ2n) is 2.48. The molecule has 0 aliphatic carbocycles. The minimum absolute atomic E-state index is 0. The van der Waals surface area contributed by atoms with Crippen LogP contribution in [0.2, 0.25) is 0 Å². The summed E-state index contributed by atoms with van der Waals surface area (Å²) in [6.07, 6.45) is -3.99. The first-order chi connectivity index (χ1) is 5.79. The summed E-state index contributed by atoms with van der Waals surface area (Å²) in [5.74, 6) is -1.30. The fourth-order valence-corrected chi connectivity index (χ4v) is 0.686. The van der Waals surface area contributed by atoms with Gasteiger partial charge < -0.3 is 12.4 Å². The van der Waals surface area contributed by atoms with Crippen LogP contribution in [-0.2, 0) is 0 Å². The summed E-state index contributed by atoms with van der Waals surface area (Å²) in [7, 11) is 0. The maximum atomic E-state index is 11.9. The maximum absolute atomic E-state index is 11.9. The van der Waals surface area contributed by atoms with Crippen LogP contribution in [-0.4, -0.2) is 12.0 Å². The first-order valence-corrected chi connectivity index (χ1v) is 3.98. The van der Waals surface area contributed by atoms with Gasteiger partial charge in [-0.2, -0.15) is 13.2 Å². The molecule has 0 aliphatic rings. The van der Waals surface area contributed by atoms with Crippen LogP contribution in [0.5, 0.6) is 0 Å². The number of halogens is 5. The van der Waals surface area contributed by atoms with Crippen molar-refractivity contribution in [1.82, 2.24) is 0 Å². The van der Waals surface area contributed by atoms with Crippen molar-refractivity contribution >= 4 is 17.4 Å². The SMILES string of the molecule is CC/C(C)=C(Cl)\[NH+]=C(\N)C(F)(F)F.[Cl-]. The van der Waals surface area contributed by atoms with Crippen LogP contribution < -0.4 is 23.1 Å². The number of hydrogen-bond donors (Lipinski definition) is 2. The molecule has 0 atom stereocenters. The molecule has 3 N–H and O–H groups in total. The van der Waals surface area contributed by atoms with Crippen LogP contribution in [0.25, 0.3) is 0 Å². The number of rotatable bonds is 2. The summed E-state index contributed by atoms with van der Waals surface area (Å²) in [6.45, 7) is 3.40. The average Bonchev–Trinajstić information content (AvgIpc) is 2.01. The number of alkyl halides is 3. The van der Waals surface area contributed by atoms with Gasteiger partial charge in [0.25, 0.3) is 0 Å². The van der Waals surface area contributed by atoms with Crippen molar-refractivity contribution in [3.8, 4) is 0 Å². The molecule has 0 bridgehead atoms. The molecule has 0 amide bonds. The van der Waals surface area contributed by atoms with E-state index >= 15 is 0 Å². The normalized spacial score (nSPS) is 14.6. The Morgan fingerprint density at radius 3 is 2.14 bits per heavy atom. The van der Waals surface area contributed by atoms with E-state index < -0.39 is 12.0 Å². The summed E-state index contributed by atoms with van der Waals surface area (Å²) in [6, 6.07) is 0. The fourth-order valence-electron chi connectivity index (χ4n) is 0.451. The predicted molar refractivity (Wildman–Crippen MR) is 45.1 cm³/mol. The monoisotopic (exact) mass is 250 g/mol. The number of hydrogen-bond acceptors (Lipinski definition) is 0. The van der Waals surface area contributed by atoms with E-state index in [1.807, 2.05) is 4.99 Å². The first-order valence-electron chi connectivity index (χ1n) is 3.61. The average molecular weight is 251 g/mol. The van der Waals surface area contributed by atoms with Crippen LogP contribution in [0.3, 0.4) is 0 Å². The summed E-state index contributed by atoms with van der Waals surface area (Å²) in [4.78, 5) is 1.88. The molecule has 0 aromatic rings. The Hall–Kier alpha value is -0.420. The van der Waals surface area contributed by atoms with Crippen molar-refractivity contribution < 1.29 is 30.6 Å². The van der Waals surface area contributed by atoms with Crippen molar-refractivity contribution in [2.24, 2.45) is 5.73 Å². The van der Waals surface area contributed by atoms with Crippen molar-refractivity contribution in [3.63, 3.8) is 0 Å². The second kappa shape index (κ2) is 6.14. The molecule has 0 rings (SSSR count). The maximum Gasteiger partial charge on any atom is 0.494 e. The zero-order chi connectivity index (χ0) is 10.6. The van der Waals surface area contributed by atoms with Gasteiger partial charge in [-0.15, -0.1) is 0 Å². The molecule has 84 valence electrons. The molecule has 0 heterocycles. The highest BCUT2D eigenvalue weighted by molar-refractivity contribution is 6.28. The van der Waals surface area contributed by atoms with Gasteiger partial charge in [0.05, 0.1) is 0 Å². The molecule has 2 nitrogen and oxygen atoms in total. The van der Waals surface area contributed by atoms with Crippen molar-refractivity contribution in [2.45, 2.75) is 26.4 Å². The lowest BCUT2D eigenvalue weighted by Gasteiger charge is -2.00. The van der Waals surface area contributed by atoms with E-state index in [9.17, 15) is 13.2 Å². The van der Waals surface area contributed by atoms with Gasteiger partial charge in [0.15, 0.2) is 5.16 Å². The zero-order valence-electron chi connectivity index (χ0n) is 7.67. The highest BCUT2D eigenvalue weighted by atomic mass is 35.5. The predicted octanol–water partition coefficient (Wildman–Crippen LogP) is -2.13. The molecule has 14 heavy (non-hydrogen) atoms. The van der Waals surface area contributed by atoms with Gasteiger partial charge >= 0.3 is 12.0 Å². The third-order valence-electron chi connectivity index (χ3n) is 1.45. The summed E-state index contributed by atoms with van der Waals surface area (Å²) in [5, 5.41) is -0.0719. The van der Waals surface area contributed by atoms with Crippen LogP contribution >= 0.6 is 11.6 Å². The van der Waals surface area contributed by atoms with Crippen LogP contribution in [0.4, 0.5) is 13.2 Å². The second-order valence-corrected chi connectivity index (χ2v) is 2.86. The van der Waals surface area contributed by atoms with Crippen molar-refractivity contribution in [1.29, 1.82) is 0 Å². The van der Waals surface area contributed by atoms with E-state index in [2.05, 4.69) is 0 Å². The quantitative estimate of drug-likeness (QED) is 0.328. The van der Waals surface area contributed by atoms with E-state index in [4.69, 9.17) is 17.3 Å². The Morgan fingerprint density at radius 1 is 1.43 bits per heavy atom. The fraction of sp³-hybridized carbons (Fsp3) is 0.571. The highest BCUT2D eigenvalue weighted by Gasteiger charge is 2.39. The molecule has 0 aliphatic heterocycles. The van der Waals surface area contributed by atoms with Crippen molar-refractivity contribution in [2.75, 3.05) is 0 Å². The van der Waals surface area contributed by atoms with Gasteiger partial charge in [0, 0.05) is 0 Å². The number of allylic oxidation sites excluding steroid dienone is 1. The summed E-state index contributed by atoms with van der Waals surface area (Å²) >= 11 is 5.50. The van der Waals surface area contributed by atoms with Crippen LogP contribution in [0.1, 0.15) is 20.3 Å². The molecule has 0 saturated carbocycles. The molecular weight excluding hydrogens is 240 g/mol. The summed E-state index contributed by atoms with van der Waals surface area (Å²) in [5.41, 5.74) is 5.33. The van der Waals surface area contributed by atoms with Gasteiger partial charge in [-0.05, 0) is 30.5 Å². The van der Waals surface area contributed by atoms with E-state index in [0.717, 1.165) is 0 Å². The lowest BCUT2D eigenvalue weighted by atomic mass is 10.3. The van der Waals surface area contributed by atoms with Gasteiger partial charge in [-0.3, -0.25) is 5.73 Å². The summed E-state index contributed by atoms with van der Waals surface area (Å²) < 4.78 is 35.6. The molecule has 0 aromatic carbocycles. The number of nitrogens with two attached hydrogens (primary N) is 1. The van der Waals surface area contributed by atoms with E-state index in [1.165, 1.54) is 0 Å². The van der Waals surface area contributed by atoms with Gasteiger partial charge in [-0.25, -0.2) is 4.99 Å². The molecule has 0 saturated heterocycles. The Kier molecular flexibility index (Phi) is 7.02. The van der Waals surface area contributed by atoms with E-state index in [0.29, 0.717) is 12.0 Å². The number of amidine groups is 1. The van der Waals surface area contributed by atoms with Gasteiger partial charge in [0.1, 0.15) is 0 Å². The molecule has 0 unspecified atom stereocenters. The molecule has 0 fully saturated rings. The largest absolute Gasteiger partial charge is 1.00 e. The minimum atomic E-state index is -4.56. The van der Waals surface area contributed by atoms with E-state index in [-0.39, 0.29) is 17.6 Å². The third kappa shape index (κ3) is 5.34. The smallest absolute Gasteiger partial charge is 0.494 e. The van der Waals surface area contributed by atoms with Gasteiger partial charge in [-0.1, -0.05) is 6.92 Å². The zero-order valence-corrected chi connectivity index (χ0v) is 9.19. The topological polar surface area (TPSA) is 40.0 Å². The molecule has 0 aromatic heterocycles. The molecule has 0 spiro atoms. The molecule has 7 heteroatoms. The highest BCUT2D eigenvalue weighted by Crippen LogP contribution is 2.12. The van der Waals surface area contributed by atoms with Crippen LogP contribution in [0.15, 0.2) is 10.7 Å². The van der Waals surface area contributed by atoms with Crippen molar-refractivity contribution in [3.05, 3.63) is 10.7 Å². The lowest BCUT2D eigenvalue weighted by Crippen LogP contribution is -3.00. The Balaban J connectivity index is 0. The van der Waals surface area contributed by atoms with Gasteiger partial charge in [0.2, 0.25) is 0 Å². The molecule has 0 radical (unpaired) electrons. The molecular formula is C7H11Cl2F3N2. The lowest BCUT2D eigenvalue weighted by molar-refractivity contribution is -0.398. The standard InChI is InChI=1S/C7H10ClF3N2.ClH/c1-3-4(2)5(8)13-6(12)7(9,10)11;/h3H2,1-2H3,(H2,12,13);1H/b5-4-;. The Labute approximate surface area is 91.4 Å². The third-order valence-corrected chi connectivity index (χ3v) is 1.87. The number of nitrogens with one attached hydrogen (secondary N) is 1. The van der Waals surface area contributed by atoms with E-state index in [1.54, 1.807) is 13.8 Å². The minimum Gasteiger partial charge on any atom is -1.00 e. The Bertz CT molecular complexity index is 246. The first kappa shape index (κ1) is 16.0. The Morgan fingerprint density at radius 2 is 1.86 bits per heavy atom. The van der Waals surface area contributed by atoms with Crippen LogP contribution in [0, 0.1) is 0 Å².